The van der Waals surface area contributed by atoms with Crippen molar-refractivity contribution < 1.29 is 9.59 Å². The van der Waals surface area contributed by atoms with Crippen molar-refractivity contribution >= 4 is 41.0 Å². The Kier molecular flexibility index (Phi) is 6.11. The van der Waals surface area contributed by atoms with E-state index in [2.05, 4.69) is 15.2 Å². The van der Waals surface area contributed by atoms with Gasteiger partial charge in [-0.25, -0.2) is 0 Å². The molecule has 0 unspecified atom stereocenters. The van der Waals surface area contributed by atoms with Crippen molar-refractivity contribution in [3.8, 4) is 0 Å². The van der Waals surface area contributed by atoms with E-state index in [-0.39, 0.29) is 11.0 Å². The van der Waals surface area contributed by atoms with Crippen LogP contribution in [0.2, 0.25) is 0 Å². The normalized spacial score (nSPS) is 22.1. The summed E-state index contributed by atoms with van der Waals surface area (Å²) >= 11 is 5.20. The first-order valence-corrected chi connectivity index (χ1v) is 9.45. The maximum Gasteiger partial charge on any atom is 0.251 e. The van der Waals surface area contributed by atoms with Gasteiger partial charge in [0.25, 0.3) is 5.91 Å². The molecule has 2 amide bonds. The standard InChI is InChI=1S/C19H24N4O2S/c1-14-6-5-7-15(12-14)23-18(25)16(17(24)21-19(23)26)13-20-8-11-22-9-3-2-4-10-22/h5-7,12-13,16H,2-4,8-11H2,1H3,(H,21,24,26)/t16-/m0/s1. The van der Waals surface area contributed by atoms with E-state index >= 15 is 0 Å². The van der Waals surface area contributed by atoms with Gasteiger partial charge in [0.15, 0.2) is 11.0 Å². The van der Waals surface area contributed by atoms with Gasteiger partial charge < -0.3 is 10.2 Å². The van der Waals surface area contributed by atoms with Gasteiger partial charge in [-0.2, -0.15) is 0 Å². The fourth-order valence-electron chi connectivity index (χ4n) is 3.30. The number of piperidine rings is 1. The smallest absolute Gasteiger partial charge is 0.251 e. The molecule has 1 atom stereocenters. The van der Waals surface area contributed by atoms with Crippen LogP contribution in [0.3, 0.4) is 0 Å². The number of anilines is 1. The van der Waals surface area contributed by atoms with E-state index in [1.54, 1.807) is 6.07 Å². The Morgan fingerprint density at radius 1 is 1.27 bits per heavy atom. The van der Waals surface area contributed by atoms with Crippen LogP contribution in [-0.4, -0.2) is 54.2 Å². The van der Waals surface area contributed by atoms with E-state index < -0.39 is 11.8 Å². The molecular weight excluding hydrogens is 348 g/mol. The second-order valence-corrected chi connectivity index (χ2v) is 7.13. The summed E-state index contributed by atoms with van der Waals surface area (Å²) in [5.41, 5.74) is 1.67. The molecule has 3 rings (SSSR count). The molecular formula is C19H24N4O2S. The van der Waals surface area contributed by atoms with Gasteiger partial charge in [-0.3, -0.25) is 19.5 Å². The van der Waals surface area contributed by atoms with Crippen molar-refractivity contribution in [1.29, 1.82) is 0 Å². The molecule has 2 aliphatic heterocycles. The summed E-state index contributed by atoms with van der Waals surface area (Å²) in [5.74, 6) is -1.71. The Hall–Kier alpha value is -2.12. The van der Waals surface area contributed by atoms with Crippen LogP contribution in [0.1, 0.15) is 24.8 Å². The molecule has 0 aliphatic carbocycles. The highest BCUT2D eigenvalue weighted by molar-refractivity contribution is 7.80. The maximum atomic E-state index is 12.8. The monoisotopic (exact) mass is 372 g/mol. The lowest BCUT2D eigenvalue weighted by molar-refractivity contribution is -0.130. The van der Waals surface area contributed by atoms with Crippen molar-refractivity contribution in [3.63, 3.8) is 0 Å². The minimum atomic E-state index is -0.941. The molecule has 0 aromatic heterocycles. The van der Waals surface area contributed by atoms with Crippen molar-refractivity contribution in [2.75, 3.05) is 31.1 Å². The predicted octanol–water partition coefficient (Wildman–Crippen LogP) is 1.92. The summed E-state index contributed by atoms with van der Waals surface area (Å²) in [4.78, 5) is 33.1. The second-order valence-electron chi connectivity index (χ2n) is 6.74. The van der Waals surface area contributed by atoms with Gasteiger partial charge in [-0.05, 0) is 62.8 Å². The molecule has 2 fully saturated rings. The molecule has 7 heteroatoms. The average molecular weight is 372 g/mol. The third-order valence-corrected chi connectivity index (χ3v) is 5.00. The van der Waals surface area contributed by atoms with Gasteiger partial charge in [0.1, 0.15) is 0 Å². The number of rotatable bonds is 5. The van der Waals surface area contributed by atoms with E-state index in [9.17, 15) is 9.59 Å². The van der Waals surface area contributed by atoms with Crippen molar-refractivity contribution in [2.45, 2.75) is 26.2 Å². The number of thiocarbonyl (C=S) groups is 1. The zero-order chi connectivity index (χ0) is 18.5. The van der Waals surface area contributed by atoms with Crippen molar-refractivity contribution in [3.05, 3.63) is 29.8 Å². The quantitative estimate of drug-likeness (QED) is 0.487. The van der Waals surface area contributed by atoms with E-state index in [0.717, 1.165) is 25.2 Å². The van der Waals surface area contributed by atoms with E-state index in [0.29, 0.717) is 12.2 Å². The lowest BCUT2D eigenvalue weighted by Crippen LogP contribution is -2.58. The lowest BCUT2D eigenvalue weighted by Gasteiger charge is -2.31. The topological polar surface area (TPSA) is 65.0 Å². The number of nitrogens with zero attached hydrogens (tertiary/aromatic N) is 3. The molecule has 0 saturated carbocycles. The van der Waals surface area contributed by atoms with Gasteiger partial charge in [0.2, 0.25) is 5.91 Å². The Morgan fingerprint density at radius 2 is 2.04 bits per heavy atom. The third-order valence-electron chi connectivity index (χ3n) is 4.71. The van der Waals surface area contributed by atoms with Gasteiger partial charge in [0.05, 0.1) is 12.2 Å². The van der Waals surface area contributed by atoms with Crippen LogP contribution in [0.25, 0.3) is 0 Å². The maximum absolute atomic E-state index is 12.8. The van der Waals surface area contributed by atoms with Crippen LogP contribution in [0.15, 0.2) is 29.3 Å². The van der Waals surface area contributed by atoms with Gasteiger partial charge >= 0.3 is 0 Å². The van der Waals surface area contributed by atoms with Crippen LogP contribution >= 0.6 is 12.2 Å². The molecule has 2 saturated heterocycles. The first-order valence-electron chi connectivity index (χ1n) is 9.04. The number of benzene rings is 1. The summed E-state index contributed by atoms with van der Waals surface area (Å²) < 4.78 is 0. The SMILES string of the molecule is Cc1cccc(N2C(=O)[C@@H](C=NCCN3CCCCC3)C(=O)NC2=S)c1. The van der Waals surface area contributed by atoms with Crippen LogP contribution in [0.4, 0.5) is 5.69 Å². The summed E-state index contributed by atoms with van der Waals surface area (Å²) in [7, 11) is 0. The zero-order valence-corrected chi connectivity index (χ0v) is 15.8. The molecule has 0 radical (unpaired) electrons. The molecule has 0 spiro atoms. The Morgan fingerprint density at radius 3 is 2.77 bits per heavy atom. The van der Waals surface area contributed by atoms with Crippen LogP contribution < -0.4 is 10.2 Å². The number of amides is 2. The number of carbonyl (C=O) groups is 2. The van der Waals surface area contributed by atoms with Gasteiger partial charge in [-0.1, -0.05) is 18.6 Å². The van der Waals surface area contributed by atoms with E-state index in [1.807, 2.05) is 25.1 Å². The summed E-state index contributed by atoms with van der Waals surface area (Å²) in [6.45, 7) is 5.60. The minimum absolute atomic E-state index is 0.114. The van der Waals surface area contributed by atoms with Crippen molar-refractivity contribution in [1.82, 2.24) is 10.2 Å². The molecule has 1 N–H and O–H groups in total. The fourth-order valence-corrected chi connectivity index (χ4v) is 3.59. The van der Waals surface area contributed by atoms with E-state index in [4.69, 9.17) is 12.2 Å². The summed E-state index contributed by atoms with van der Waals surface area (Å²) in [6.07, 6.45) is 5.23. The van der Waals surface area contributed by atoms with Crippen LogP contribution in [-0.2, 0) is 9.59 Å². The minimum Gasteiger partial charge on any atom is -0.302 e. The first kappa shape index (κ1) is 18.7. The van der Waals surface area contributed by atoms with Crippen molar-refractivity contribution in [2.24, 2.45) is 10.9 Å². The van der Waals surface area contributed by atoms with Gasteiger partial charge in [0, 0.05) is 12.8 Å². The number of hydrogen-bond acceptors (Lipinski definition) is 5. The summed E-state index contributed by atoms with van der Waals surface area (Å²) in [5, 5.41) is 2.73. The zero-order valence-electron chi connectivity index (χ0n) is 15.0. The number of hydrogen-bond donors (Lipinski definition) is 1. The third kappa shape index (κ3) is 4.34. The predicted molar refractivity (Wildman–Crippen MR) is 107 cm³/mol. The molecule has 0 bridgehead atoms. The first-order chi connectivity index (χ1) is 12.6. The number of aryl methyl sites for hydroxylation is 1. The molecule has 2 heterocycles. The highest BCUT2D eigenvalue weighted by Crippen LogP contribution is 2.21. The van der Waals surface area contributed by atoms with Crippen LogP contribution in [0, 0.1) is 12.8 Å². The highest BCUT2D eigenvalue weighted by Gasteiger charge is 2.38. The number of likely N-dealkylation sites (tertiary alicyclic amines) is 1. The molecule has 6 nitrogen and oxygen atoms in total. The second kappa shape index (κ2) is 8.51. The Bertz CT molecular complexity index is 728. The summed E-state index contributed by atoms with van der Waals surface area (Å²) in [6, 6.07) is 7.48. The largest absolute Gasteiger partial charge is 0.302 e. The molecule has 2 aliphatic rings. The molecule has 138 valence electrons. The highest BCUT2D eigenvalue weighted by atomic mass is 32.1. The fraction of sp³-hybridized carbons (Fsp3) is 0.474. The lowest BCUT2D eigenvalue weighted by atomic mass is 10.1. The molecule has 26 heavy (non-hydrogen) atoms. The van der Waals surface area contributed by atoms with Gasteiger partial charge in [-0.15, -0.1) is 0 Å². The number of carbonyl (C=O) groups excluding carboxylic acids is 2. The molecule has 1 aromatic rings. The number of aliphatic imine (C=N–C) groups is 1. The Balaban J connectivity index is 1.66. The van der Waals surface area contributed by atoms with E-state index in [1.165, 1.54) is 30.4 Å². The molecule has 1 aromatic carbocycles. The van der Waals surface area contributed by atoms with Crippen LogP contribution in [0.5, 0.6) is 0 Å². The Labute approximate surface area is 159 Å². The average Bonchev–Trinajstić information content (AvgIpc) is 2.61. The number of nitrogens with one attached hydrogen (secondary N) is 1.